The summed E-state index contributed by atoms with van der Waals surface area (Å²) in [4.78, 5) is 15.9. The average molecular weight is 853 g/mol. The van der Waals surface area contributed by atoms with Crippen molar-refractivity contribution in [2.75, 3.05) is 0 Å². The number of benzene rings is 11. The number of fused-ring (bicyclic) bond motifs is 7. The maximum atomic E-state index is 5.35. The van der Waals surface area contributed by atoms with Gasteiger partial charge in [-0.2, -0.15) is 0 Å². The fourth-order valence-corrected chi connectivity index (χ4v) is 9.93. The van der Waals surface area contributed by atoms with E-state index in [1.165, 1.54) is 37.8 Å². The Morgan fingerprint density at radius 1 is 0.254 bits per heavy atom. The van der Waals surface area contributed by atoms with Gasteiger partial charge in [-0.05, 0) is 91.1 Å². The second-order valence-corrected chi connectivity index (χ2v) is 17.2. The third-order valence-electron chi connectivity index (χ3n) is 13.2. The molecular formula is C63H40N4. The zero-order valence-electron chi connectivity index (χ0n) is 36.4. The minimum absolute atomic E-state index is 0.603. The molecule has 2 aromatic heterocycles. The Morgan fingerprint density at radius 2 is 0.776 bits per heavy atom. The summed E-state index contributed by atoms with van der Waals surface area (Å²) < 4.78 is 2.49. The van der Waals surface area contributed by atoms with Gasteiger partial charge in [0, 0.05) is 38.4 Å². The van der Waals surface area contributed by atoms with Gasteiger partial charge >= 0.3 is 0 Å². The molecule has 13 rings (SSSR count). The zero-order valence-corrected chi connectivity index (χ0v) is 36.4. The molecule has 0 unspecified atom stereocenters. The Bertz CT molecular complexity index is 4020. The molecule has 0 aliphatic carbocycles. The number of rotatable bonds is 7. The highest BCUT2D eigenvalue weighted by Crippen LogP contribution is 2.43. The van der Waals surface area contributed by atoms with Gasteiger partial charge in [0.25, 0.3) is 0 Å². The van der Waals surface area contributed by atoms with Gasteiger partial charge in [0.1, 0.15) is 0 Å². The smallest absolute Gasteiger partial charge is 0.164 e. The first-order valence-corrected chi connectivity index (χ1v) is 22.8. The Kier molecular flexibility index (Phi) is 9.14. The topological polar surface area (TPSA) is 43.6 Å². The molecule has 0 amide bonds. The van der Waals surface area contributed by atoms with Crippen molar-refractivity contribution in [3.05, 3.63) is 243 Å². The van der Waals surface area contributed by atoms with Gasteiger partial charge in [-0.1, -0.05) is 206 Å². The highest BCUT2D eigenvalue weighted by Gasteiger charge is 2.21. The van der Waals surface area contributed by atoms with Crippen LogP contribution in [0.5, 0.6) is 0 Å². The molecule has 4 heteroatoms. The van der Waals surface area contributed by atoms with Crippen LogP contribution in [0.1, 0.15) is 0 Å². The molecule has 0 saturated carbocycles. The van der Waals surface area contributed by atoms with E-state index in [1.807, 2.05) is 6.07 Å². The Balaban J connectivity index is 1.08. The first kappa shape index (κ1) is 38.5. The number of hydrogen-bond donors (Lipinski definition) is 0. The summed E-state index contributed by atoms with van der Waals surface area (Å²) in [6.45, 7) is 0. The predicted octanol–water partition coefficient (Wildman–Crippen LogP) is 16.4. The summed E-state index contributed by atoms with van der Waals surface area (Å²) in [6.07, 6.45) is 0. The van der Waals surface area contributed by atoms with Gasteiger partial charge < -0.3 is 4.57 Å². The molecule has 312 valence electrons. The molecule has 0 fully saturated rings. The second kappa shape index (κ2) is 15.9. The molecule has 0 atom stereocenters. The van der Waals surface area contributed by atoms with Crippen molar-refractivity contribution in [3.63, 3.8) is 0 Å². The van der Waals surface area contributed by atoms with Crippen molar-refractivity contribution in [1.29, 1.82) is 0 Å². The largest absolute Gasteiger partial charge is 0.308 e. The summed E-state index contributed by atoms with van der Waals surface area (Å²) in [5.74, 6) is 1.84. The Morgan fingerprint density at radius 3 is 1.54 bits per heavy atom. The molecule has 0 aliphatic rings. The highest BCUT2D eigenvalue weighted by atomic mass is 15.0. The SMILES string of the molecule is c1ccc(-c2ccc(-c3nc(-c4ccc(-n5c6cc7ccccc7cc6c6ccc7ccccc7c65)c(-c5cccc(-c6ccccc6)c5)c4)nc(-c4cccc5ccccc45)n3)cc2)cc1. The molecule has 13 aromatic rings. The summed E-state index contributed by atoms with van der Waals surface area (Å²) in [7, 11) is 0. The number of aromatic nitrogens is 4. The quantitative estimate of drug-likeness (QED) is 0.160. The second-order valence-electron chi connectivity index (χ2n) is 17.2. The lowest BCUT2D eigenvalue weighted by atomic mass is 9.96. The van der Waals surface area contributed by atoms with E-state index in [2.05, 4.69) is 241 Å². The van der Waals surface area contributed by atoms with E-state index in [0.29, 0.717) is 17.5 Å². The minimum atomic E-state index is 0.603. The van der Waals surface area contributed by atoms with Gasteiger partial charge in [-0.15, -0.1) is 0 Å². The van der Waals surface area contributed by atoms with Crippen molar-refractivity contribution >= 4 is 54.1 Å². The van der Waals surface area contributed by atoms with Crippen LogP contribution < -0.4 is 0 Å². The van der Waals surface area contributed by atoms with Crippen LogP contribution in [-0.2, 0) is 0 Å². The molecule has 0 N–H and O–H groups in total. The summed E-state index contributed by atoms with van der Waals surface area (Å²) in [6, 6.07) is 86.7. The normalized spacial score (nSPS) is 11.6. The maximum absolute atomic E-state index is 5.35. The first-order chi connectivity index (χ1) is 33.2. The summed E-state index contributed by atoms with van der Waals surface area (Å²) >= 11 is 0. The van der Waals surface area contributed by atoms with Crippen molar-refractivity contribution in [3.8, 4) is 73.2 Å². The molecule has 0 aliphatic heterocycles. The van der Waals surface area contributed by atoms with Gasteiger partial charge in [0.2, 0.25) is 0 Å². The Labute approximate surface area is 387 Å². The average Bonchev–Trinajstić information content (AvgIpc) is 3.73. The van der Waals surface area contributed by atoms with E-state index >= 15 is 0 Å². The maximum Gasteiger partial charge on any atom is 0.164 e. The van der Waals surface area contributed by atoms with Crippen molar-refractivity contribution in [2.24, 2.45) is 0 Å². The van der Waals surface area contributed by atoms with E-state index in [0.717, 1.165) is 72.0 Å². The van der Waals surface area contributed by atoms with Crippen LogP contribution in [0.15, 0.2) is 243 Å². The van der Waals surface area contributed by atoms with Gasteiger partial charge in [0.15, 0.2) is 17.5 Å². The van der Waals surface area contributed by atoms with E-state index in [9.17, 15) is 0 Å². The predicted molar refractivity (Wildman–Crippen MR) is 279 cm³/mol. The molecule has 67 heavy (non-hydrogen) atoms. The third-order valence-corrected chi connectivity index (χ3v) is 13.2. The zero-order chi connectivity index (χ0) is 44.3. The van der Waals surface area contributed by atoms with Crippen LogP contribution >= 0.6 is 0 Å². The highest BCUT2D eigenvalue weighted by molar-refractivity contribution is 6.21. The van der Waals surface area contributed by atoms with Gasteiger partial charge in [-0.3, -0.25) is 0 Å². The van der Waals surface area contributed by atoms with Crippen LogP contribution in [0.3, 0.4) is 0 Å². The molecular weight excluding hydrogens is 813 g/mol. The van der Waals surface area contributed by atoms with Gasteiger partial charge in [-0.25, -0.2) is 15.0 Å². The van der Waals surface area contributed by atoms with Crippen molar-refractivity contribution in [2.45, 2.75) is 0 Å². The van der Waals surface area contributed by atoms with Crippen LogP contribution in [0.4, 0.5) is 0 Å². The fraction of sp³-hybridized carbons (Fsp3) is 0. The summed E-state index contributed by atoms with van der Waals surface area (Å²) in [5.41, 5.74) is 12.9. The lowest BCUT2D eigenvalue weighted by Gasteiger charge is -2.18. The molecule has 0 spiro atoms. The third kappa shape index (κ3) is 6.74. The standard InChI is InChI=1S/C63H40N4/c1-3-15-41(16-4-1)43-29-31-46(32-30-43)61-64-62(66-63(65-61)55-28-14-23-44-19-9-11-26-52(44)55)51-34-36-58(56(39-51)50-25-13-24-47(37-50)42-17-5-2-6-18-42)67-59-40-49-22-8-7-21-48(49)38-57(59)54-35-33-45-20-10-12-27-53(45)60(54)67/h1-40H. The number of hydrogen-bond acceptors (Lipinski definition) is 3. The fourth-order valence-electron chi connectivity index (χ4n) is 9.93. The Hall–Kier alpha value is -8.99. The van der Waals surface area contributed by atoms with E-state index in [4.69, 9.17) is 15.0 Å². The van der Waals surface area contributed by atoms with Gasteiger partial charge in [0.05, 0.1) is 16.7 Å². The van der Waals surface area contributed by atoms with Crippen LogP contribution in [0, 0.1) is 0 Å². The lowest BCUT2D eigenvalue weighted by molar-refractivity contribution is 1.07. The minimum Gasteiger partial charge on any atom is -0.308 e. The first-order valence-electron chi connectivity index (χ1n) is 22.8. The van der Waals surface area contributed by atoms with E-state index < -0.39 is 0 Å². The number of nitrogens with zero attached hydrogens (tertiary/aromatic N) is 4. The van der Waals surface area contributed by atoms with Crippen LogP contribution in [0.2, 0.25) is 0 Å². The van der Waals surface area contributed by atoms with Crippen LogP contribution in [0.25, 0.3) is 127 Å². The van der Waals surface area contributed by atoms with Crippen molar-refractivity contribution in [1.82, 2.24) is 19.5 Å². The van der Waals surface area contributed by atoms with Crippen molar-refractivity contribution < 1.29 is 0 Å². The molecule has 0 bridgehead atoms. The molecule has 0 saturated heterocycles. The monoisotopic (exact) mass is 852 g/mol. The van der Waals surface area contributed by atoms with E-state index in [1.54, 1.807) is 0 Å². The molecule has 4 nitrogen and oxygen atoms in total. The molecule has 2 heterocycles. The van der Waals surface area contributed by atoms with Crippen LogP contribution in [-0.4, -0.2) is 19.5 Å². The molecule has 0 radical (unpaired) electrons. The molecule has 11 aromatic carbocycles. The summed E-state index contributed by atoms with van der Waals surface area (Å²) in [5, 5.41) is 9.47. The lowest BCUT2D eigenvalue weighted by Crippen LogP contribution is -2.02. The van der Waals surface area contributed by atoms with E-state index in [-0.39, 0.29) is 0 Å².